The highest BCUT2D eigenvalue weighted by Gasteiger charge is 2.20. The Morgan fingerprint density at radius 3 is 2.84 bits per heavy atom. The molecule has 9 nitrogen and oxygen atoms in total. The van der Waals surface area contributed by atoms with Gasteiger partial charge in [0.05, 0.1) is 36.8 Å². The molecule has 3 aromatic rings. The zero-order chi connectivity index (χ0) is 22.5. The highest BCUT2D eigenvalue weighted by molar-refractivity contribution is 6.29. The molecule has 0 saturated heterocycles. The minimum Gasteiger partial charge on any atom is -0.466 e. The van der Waals surface area contributed by atoms with Gasteiger partial charge >= 0.3 is 5.97 Å². The van der Waals surface area contributed by atoms with Crippen LogP contribution in [0.3, 0.4) is 0 Å². The topological polar surface area (TPSA) is 104 Å². The van der Waals surface area contributed by atoms with Crippen LogP contribution in [-0.2, 0) is 16.1 Å². The minimum atomic E-state index is -0.596. The molecule has 0 amide bonds. The summed E-state index contributed by atoms with van der Waals surface area (Å²) in [6.45, 7) is 3.29. The summed E-state index contributed by atoms with van der Waals surface area (Å²) in [5, 5.41) is 8.22. The second kappa shape index (κ2) is 9.75. The van der Waals surface area contributed by atoms with Gasteiger partial charge in [-0.25, -0.2) is 19.8 Å². The van der Waals surface area contributed by atoms with Crippen molar-refractivity contribution in [1.29, 1.82) is 0 Å². The van der Waals surface area contributed by atoms with Crippen LogP contribution >= 0.6 is 11.6 Å². The fourth-order valence-corrected chi connectivity index (χ4v) is 3.31. The number of hydrogen-bond acceptors (Lipinski definition) is 9. The van der Waals surface area contributed by atoms with Crippen LogP contribution in [0.5, 0.6) is 0 Å². The van der Waals surface area contributed by atoms with Gasteiger partial charge in [-0.2, -0.15) is 4.98 Å². The first-order valence-electron chi connectivity index (χ1n) is 9.99. The van der Waals surface area contributed by atoms with Gasteiger partial charge in [0.2, 0.25) is 5.95 Å². The van der Waals surface area contributed by atoms with Crippen molar-refractivity contribution in [2.75, 3.05) is 28.8 Å². The summed E-state index contributed by atoms with van der Waals surface area (Å²) in [5.74, 6) is -0.574. The molecule has 0 atom stereocenters. The molecule has 1 aromatic carbocycles. The standard InChI is InChI=1S/C21H21ClFN7O2/c1-2-32-19(31)7-8-30-17-5-3-14(9-13(17)10-26-30)28-21-25-12-16(23)20(29-21)27-15-4-6-18(22)24-11-15/h3-6,9,11-12,26H,2,7-8,10H2,1H3,(H2,25,27,28,29). The van der Waals surface area contributed by atoms with Crippen molar-refractivity contribution in [2.45, 2.75) is 19.9 Å². The highest BCUT2D eigenvalue weighted by atomic mass is 35.5. The number of pyridine rings is 1. The first kappa shape index (κ1) is 21.7. The lowest BCUT2D eigenvalue weighted by atomic mass is 10.1. The zero-order valence-electron chi connectivity index (χ0n) is 17.2. The molecule has 11 heteroatoms. The van der Waals surface area contributed by atoms with E-state index in [0.717, 1.165) is 23.1 Å². The summed E-state index contributed by atoms with van der Waals surface area (Å²) >= 11 is 5.78. The Hall–Kier alpha value is -3.50. The smallest absolute Gasteiger partial charge is 0.307 e. The lowest BCUT2D eigenvalue weighted by Crippen LogP contribution is -2.34. The largest absolute Gasteiger partial charge is 0.466 e. The quantitative estimate of drug-likeness (QED) is 0.342. The SMILES string of the molecule is CCOC(=O)CCN1NCc2cc(Nc3ncc(F)c(Nc4ccc(Cl)nc4)n3)ccc21. The molecular weight excluding hydrogens is 437 g/mol. The average Bonchev–Trinajstić information content (AvgIpc) is 3.18. The molecule has 0 radical (unpaired) electrons. The second-order valence-electron chi connectivity index (χ2n) is 6.89. The summed E-state index contributed by atoms with van der Waals surface area (Å²) in [6, 6.07) is 9.02. The summed E-state index contributed by atoms with van der Waals surface area (Å²) in [7, 11) is 0. The number of rotatable bonds is 8. The number of halogens is 2. The molecular formula is C21H21ClFN7O2. The van der Waals surface area contributed by atoms with Crippen LogP contribution in [0.4, 0.5) is 33.2 Å². The number of benzene rings is 1. The van der Waals surface area contributed by atoms with Crippen molar-refractivity contribution in [3.63, 3.8) is 0 Å². The van der Waals surface area contributed by atoms with E-state index < -0.39 is 5.82 Å². The van der Waals surface area contributed by atoms with Gasteiger partial charge in [0.1, 0.15) is 5.15 Å². The van der Waals surface area contributed by atoms with Crippen LogP contribution in [0, 0.1) is 5.82 Å². The maximum atomic E-state index is 14.2. The van der Waals surface area contributed by atoms with Crippen LogP contribution < -0.4 is 21.1 Å². The van der Waals surface area contributed by atoms with Crippen molar-refractivity contribution in [3.8, 4) is 0 Å². The summed E-state index contributed by atoms with van der Waals surface area (Å²) < 4.78 is 19.1. The zero-order valence-corrected chi connectivity index (χ0v) is 18.0. The Labute approximate surface area is 189 Å². The van der Waals surface area contributed by atoms with Crippen LogP contribution in [0.1, 0.15) is 18.9 Å². The maximum absolute atomic E-state index is 14.2. The Morgan fingerprint density at radius 2 is 2.06 bits per heavy atom. The number of anilines is 5. The fourth-order valence-electron chi connectivity index (χ4n) is 3.20. The average molecular weight is 458 g/mol. The van der Waals surface area contributed by atoms with E-state index in [-0.39, 0.29) is 17.7 Å². The number of fused-ring (bicyclic) bond motifs is 1. The number of esters is 1. The van der Waals surface area contributed by atoms with Gasteiger partial charge in [-0.05, 0) is 42.8 Å². The number of nitrogens with one attached hydrogen (secondary N) is 3. The van der Waals surface area contributed by atoms with Gasteiger partial charge in [-0.15, -0.1) is 0 Å². The maximum Gasteiger partial charge on any atom is 0.307 e. The van der Waals surface area contributed by atoms with E-state index in [2.05, 4.69) is 31.0 Å². The van der Waals surface area contributed by atoms with E-state index in [0.29, 0.717) is 37.0 Å². The monoisotopic (exact) mass is 457 g/mol. The Balaban J connectivity index is 1.43. The molecule has 1 aliphatic heterocycles. The van der Waals surface area contributed by atoms with Crippen molar-refractivity contribution in [3.05, 3.63) is 59.3 Å². The van der Waals surface area contributed by atoms with Gasteiger partial charge in [0.25, 0.3) is 0 Å². The summed E-state index contributed by atoms with van der Waals surface area (Å²) in [6.07, 6.45) is 2.87. The molecule has 2 aromatic heterocycles. The summed E-state index contributed by atoms with van der Waals surface area (Å²) in [5.41, 5.74) is 6.58. The van der Waals surface area contributed by atoms with E-state index in [4.69, 9.17) is 16.3 Å². The molecule has 0 saturated carbocycles. The third kappa shape index (κ3) is 5.21. The van der Waals surface area contributed by atoms with E-state index in [1.54, 1.807) is 19.1 Å². The lowest BCUT2D eigenvalue weighted by Gasteiger charge is -2.19. The second-order valence-corrected chi connectivity index (χ2v) is 7.28. The van der Waals surface area contributed by atoms with E-state index in [1.807, 2.05) is 23.2 Å². The molecule has 0 unspecified atom stereocenters. The highest BCUT2D eigenvalue weighted by Crippen LogP contribution is 2.29. The molecule has 0 bridgehead atoms. The predicted octanol–water partition coefficient (Wildman–Crippen LogP) is 3.93. The van der Waals surface area contributed by atoms with Gasteiger partial charge in [-0.1, -0.05) is 11.6 Å². The summed E-state index contributed by atoms with van der Waals surface area (Å²) in [4.78, 5) is 23.8. The number of hydrazine groups is 1. The minimum absolute atomic E-state index is 0.0135. The van der Waals surface area contributed by atoms with Crippen molar-refractivity contribution in [2.24, 2.45) is 0 Å². The van der Waals surface area contributed by atoms with Gasteiger partial charge in [-0.3, -0.25) is 4.79 Å². The number of carbonyl (C=O) groups is 1. The van der Waals surface area contributed by atoms with Crippen molar-refractivity contribution in [1.82, 2.24) is 20.4 Å². The first-order valence-corrected chi connectivity index (χ1v) is 10.4. The molecule has 3 N–H and O–H groups in total. The number of nitrogens with zero attached hydrogens (tertiary/aromatic N) is 4. The van der Waals surface area contributed by atoms with E-state index in [1.165, 1.54) is 6.20 Å². The molecule has 1 aliphatic rings. The molecule has 32 heavy (non-hydrogen) atoms. The molecule has 0 spiro atoms. The fraction of sp³-hybridized carbons (Fsp3) is 0.238. The van der Waals surface area contributed by atoms with Crippen molar-refractivity contribution >= 4 is 46.4 Å². The molecule has 4 rings (SSSR count). The van der Waals surface area contributed by atoms with Gasteiger partial charge < -0.3 is 20.4 Å². The molecule has 166 valence electrons. The third-order valence-corrected chi connectivity index (χ3v) is 4.89. The Kier molecular flexibility index (Phi) is 6.62. The van der Waals surface area contributed by atoms with Gasteiger partial charge in [0, 0.05) is 18.8 Å². The number of ether oxygens (including phenoxy) is 1. The van der Waals surface area contributed by atoms with E-state index in [9.17, 15) is 9.18 Å². The van der Waals surface area contributed by atoms with Crippen molar-refractivity contribution < 1.29 is 13.9 Å². The van der Waals surface area contributed by atoms with Gasteiger partial charge in [0.15, 0.2) is 11.6 Å². The number of carbonyl (C=O) groups excluding carboxylic acids is 1. The third-order valence-electron chi connectivity index (χ3n) is 4.67. The molecule has 0 aliphatic carbocycles. The number of aromatic nitrogens is 3. The van der Waals surface area contributed by atoms with Crippen LogP contribution in [0.25, 0.3) is 0 Å². The van der Waals surface area contributed by atoms with Crippen LogP contribution in [-0.4, -0.2) is 34.1 Å². The lowest BCUT2D eigenvalue weighted by molar-refractivity contribution is -0.142. The Bertz CT molecular complexity index is 1110. The predicted molar refractivity (Wildman–Crippen MR) is 120 cm³/mol. The van der Waals surface area contributed by atoms with E-state index >= 15 is 0 Å². The normalized spacial score (nSPS) is 12.4. The van der Waals surface area contributed by atoms with Crippen LogP contribution in [0.2, 0.25) is 5.15 Å². The first-order chi connectivity index (χ1) is 15.5. The molecule has 3 heterocycles. The molecule has 0 fully saturated rings. The number of hydrogen-bond donors (Lipinski definition) is 3. The van der Waals surface area contributed by atoms with Crippen LogP contribution in [0.15, 0.2) is 42.7 Å². The Morgan fingerprint density at radius 1 is 1.22 bits per heavy atom.